The van der Waals surface area contributed by atoms with Gasteiger partial charge < -0.3 is 10.6 Å². The van der Waals surface area contributed by atoms with Gasteiger partial charge in [0.1, 0.15) is 0 Å². The Labute approximate surface area is 186 Å². The van der Waals surface area contributed by atoms with Crippen LogP contribution in [0.4, 0.5) is 0 Å². The molecule has 6 unspecified atom stereocenters. The second-order valence-corrected chi connectivity index (χ2v) is 8.17. The Morgan fingerprint density at radius 1 is 0.593 bits per heavy atom. The molecule has 0 aliphatic heterocycles. The largest absolute Gasteiger partial charge is 4.00 e. The summed E-state index contributed by atoms with van der Waals surface area (Å²) in [5.74, 6) is 5.36. The minimum atomic E-state index is 0. The normalized spacial score (nSPS) is 34.5. The molecule has 4 rings (SSSR count). The maximum absolute atomic E-state index is 3.50. The van der Waals surface area contributed by atoms with Crippen molar-refractivity contribution in [3.05, 3.63) is 59.2 Å². The van der Waals surface area contributed by atoms with Gasteiger partial charge in [-0.25, -0.2) is 0 Å². The number of fused-ring (bicyclic) bond motifs is 2. The summed E-state index contributed by atoms with van der Waals surface area (Å²) in [6.07, 6.45) is 27.6. The minimum absolute atomic E-state index is 0. The molecule has 146 valence electrons. The fraction of sp³-hybridized carbons (Fsp3) is 0.667. The topological polar surface area (TPSA) is 28.2 Å². The minimum Gasteiger partial charge on any atom is -0.668 e. The third kappa shape index (κ3) is 7.25. The average molecular weight is 533 g/mol. The molecule has 4 aliphatic carbocycles. The fourth-order valence-electron chi connectivity index (χ4n) is 5.23. The first kappa shape index (κ1) is 24.8. The maximum Gasteiger partial charge on any atom is 4.00 e. The van der Waals surface area contributed by atoms with E-state index in [9.17, 15) is 0 Å². The summed E-state index contributed by atoms with van der Waals surface area (Å²) in [4.78, 5) is 0. The molecule has 0 amide bonds. The van der Waals surface area contributed by atoms with E-state index < -0.39 is 0 Å². The SMILES string of the molecule is C1=CC2CCC(CCC3CCC4C=CC=CC43)C2C=C1.C[N-]C.C[N-]C.[Hf+4]. The molecule has 0 heterocycles. The van der Waals surface area contributed by atoms with Crippen LogP contribution in [0.2, 0.25) is 0 Å². The van der Waals surface area contributed by atoms with Gasteiger partial charge in [0.15, 0.2) is 0 Å². The summed E-state index contributed by atoms with van der Waals surface area (Å²) in [5.41, 5.74) is 0. The van der Waals surface area contributed by atoms with Crippen LogP contribution in [-0.4, -0.2) is 28.2 Å². The van der Waals surface area contributed by atoms with Crippen molar-refractivity contribution in [2.24, 2.45) is 35.5 Å². The molecule has 2 nitrogen and oxygen atoms in total. The zero-order chi connectivity index (χ0) is 18.8. The van der Waals surface area contributed by atoms with E-state index in [-0.39, 0.29) is 25.8 Å². The number of nitrogens with zero attached hydrogens (tertiary/aromatic N) is 2. The summed E-state index contributed by atoms with van der Waals surface area (Å²) in [6, 6.07) is 0. The van der Waals surface area contributed by atoms with Gasteiger partial charge in [0.05, 0.1) is 0 Å². The predicted octanol–water partition coefficient (Wildman–Crippen LogP) is 6.54. The number of hydrogen-bond acceptors (Lipinski definition) is 0. The van der Waals surface area contributed by atoms with Gasteiger partial charge in [0, 0.05) is 0 Å². The molecular formula is C24H38HfN2+2. The van der Waals surface area contributed by atoms with Gasteiger partial charge in [-0.2, -0.15) is 28.2 Å². The molecule has 27 heavy (non-hydrogen) atoms. The molecule has 0 aromatic heterocycles. The molecule has 3 heteroatoms. The maximum atomic E-state index is 3.50. The predicted molar refractivity (Wildman–Crippen MR) is 116 cm³/mol. The van der Waals surface area contributed by atoms with Gasteiger partial charge in [0.25, 0.3) is 0 Å². The summed E-state index contributed by atoms with van der Waals surface area (Å²) in [6.45, 7) is 0. The third-order valence-corrected chi connectivity index (χ3v) is 6.33. The standard InChI is InChI=1S/C20H26.2C2H6N.Hf/c1-3-7-19-15(5-1)9-11-17(19)13-14-18-12-10-16-6-2-4-8-20(16)18;2*1-3-2;/h1-8,15-20H,9-14H2;2*1-2H3;/q;2*-1;+4. The summed E-state index contributed by atoms with van der Waals surface area (Å²) in [5, 5.41) is 7.00. The smallest absolute Gasteiger partial charge is 0.668 e. The monoisotopic (exact) mass is 534 g/mol. The van der Waals surface area contributed by atoms with Gasteiger partial charge >= 0.3 is 25.8 Å². The van der Waals surface area contributed by atoms with Crippen LogP contribution in [0.15, 0.2) is 48.6 Å². The van der Waals surface area contributed by atoms with Crippen LogP contribution >= 0.6 is 0 Å². The summed E-state index contributed by atoms with van der Waals surface area (Å²) in [7, 11) is 7.00. The molecular weight excluding hydrogens is 495 g/mol. The molecule has 0 spiro atoms. The van der Waals surface area contributed by atoms with Crippen LogP contribution in [0.25, 0.3) is 10.6 Å². The van der Waals surface area contributed by atoms with Gasteiger partial charge in [-0.05, 0) is 74.0 Å². The van der Waals surface area contributed by atoms with Crippen LogP contribution < -0.4 is 0 Å². The van der Waals surface area contributed by atoms with Gasteiger partial charge in [-0.1, -0.05) is 48.6 Å². The molecule has 2 fully saturated rings. The van der Waals surface area contributed by atoms with E-state index in [1.54, 1.807) is 28.2 Å². The van der Waals surface area contributed by atoms with Crippen LogP contribution in [0.5, 0.6) is 0 Å². The van der Waals surface area contributed by atoms with Crippen molar-refractivity contribution in [3.8, 4) is 0 Å². The van der Waals surface area contributed by atoms with E-state index in [0.717, 1.165) is 35.5 Å². The van der Waals surface area contributed by atoms with Crippen molar-refractivity contribution in [1.82, 2.24) is 0 Å². The second kappa shape index (κ2) is 13.8. The van der Waals surface area contributed by atoms with Gasteiger partial charge in [-0.15, -0.1) is 0 Å². The molecule has 6 atom stereocenters. The summed E-state index contributed by atoms with van der Waals surface area (Å²) < 4.78 is 0. The van der Waals surface area contributed by atoms with Gasteiger partial charge in [0.2, 0.25) is 0 Å². The molecule has 2 saturated carbocycles. The van der Waals surface area contributed by atoms with Gasteiger partial charge in [-0.3, -0.25) is 0 Å². The van der Waals surface area contributed by atoms with E-state index in [4.69, 9.17) is 0 Å². The first-order chi connectivity index (χ1) is 12.7. The average Bonchev–Trinajstić information content (AvgIpc) is 3.25. The van der Waals surface area contributed by atoms with Crippen LogP contribution in [0.3, 0.4) is 0 Å². The van der Waals surface area contributed by atoms with Crippen LogP contribution in [0, 0.1) is 35.5 Å². The zero-order valence-electron chi connectivity index (χ0n) is 17.7. The third-order valence-electron chi connectivity index (χ3n) is 6.33. The molecule has 0 bridgehead atoms. The molecule has 0 radical (unpaired) electrons. The van der Waals surface area contributed by atoms with Crippen molar-refractivity contribution in [2.75, 3.05) is 28.2 Å². The zero-order valence-corrected chi connectivity index (χ0v) is 21.3. The second-order valence-electron chi connectivity index (χ2n) is 8.17. The molecule has 0 aromatic carbocycles. The first-order valence-corrected chi connectivity index (χ1v) is 10.4. The number of hydrogen-bond donors (Lipinski definition) is 0. The Bertz CT molecular complexity index is 463. The van der Waals surface area contributed by atoms with Crippen molar-refractivity contribution < 1.29 is 25.8 Å². The van der Waals surface area contributed by atoms with Crippen molar-refractivity contribution in [1.29, 1.82) is 0 Å². The van der Waals surface area contributed by atoms with Crippen molar-refractivity contribution in [3.63, 3.8) is 0 Å². The van der Waals surface area contributed by atoms with Crippen molar-refractivity contribution >= 4 is 0 Å². The number of rotatable bonds is 3. The summed E-state index contributed by atoms with van der Waals surface area (Å²) >= 11 is 0. The van der Waals surface area contributed by atoms with E-state index in [2.05, 4.69) is 59.2 Å². The Balaban J connectivity index is 0.000000466. The molecule has 4 aliphatic rings. The fourth-order valence-corrected chi connectivity index (χ4v) is 5.23. The van der Waals surface area contributed by atoms with E-state index in [1.807, 2.05) is 0 Å². The molecule has 0 saturated heterocycles. The Morgan fingerprint density at radius 3 is 1.30 bits per heavy atom. The van der Waals surface area contributed by atoms with Crippen molar-refractivity contribution in [2.45, 2.75) is 38.5 Å². The Kier molecular flexibility index (Phi) is 12.7. The Hall–Kier alpha value is -0.250. The van der Waals surface area contributed by atoms with E-state index in [1.165, 1.54) is 38.5 Å². The quantitative estimate of drug-likeness (QED) is 0.369. The van der Waals surface area contributed by atoms with E-state index in [0.29, 0.717) is 0 Å². The molecule has 0 aromatic rings. The number of allylic oxidation sites excluding steroid dienone is 8. The molecule has 0 N–H and O–H groups in total. The van der Waals surface area contributed by atoms with E-state index >= 15 is 0 Å². The van der Waals surface area contributed by atoms with Crippen LogP contribution in [0.1, 0.15) is 38.5 Å². The first-order valence-electron chi connectivity index (χ1n) is 10.4. The Morgan fingerprint density at radius 2 is 0.926 bits per heavy atom. The van der Waals surface area contributed by atoms with Crippen LogP contribution in [-0.2, 0) is 25.8 Å².